The predicted octanol–water partition coefficient (Wildman–Crippen LogP) is 2.79. The van der Waals surface area contributed by atoms with Crippen molar-refractivity contribution in [1.29, 1.82) is 0 Å². The molecule has 0 aromatic heterocycles. The number of nitrogens with zero attached hydrogens (tertiary/aromatic N) is 2. The normalized spacial score (nSPS) is 16.9. The van der Waals surface area contributed by atoms with Crippen LogP contribution in [0.25, 0.3) is 0 Å². The quantitative estimate of drug-likeness (QED) is 0.815. The molecule has 98 valence electrons. The van der Waals surface area contributed by atoms with Crippen molar-refractivity contribution < 1.29 is 4.79 Å². The third-order valence-electron chi connectivity index (χ3n) is 3.83. The van der Waals surface area contributed by atoms with E-state index in [2.05, 4.69) is 31.7 Å². The van der Waals surface area contributed by atoms with Crippen LogP contribution in [0.4, 0.5) is 5.69 Å². The summed E-state index contributed by atoms with van der Waals surface area (Å²) in [4.78, 5) is 16.4. The van der Waals surface area contributed by atoms with Gasteiger partial charge in [0.2, 0.25) is 5.91 Å². The highest BCUT2D eigenvalue weighted by Gasteiger charge is 2.32. The van der Waals surface area contributed by atoms with Gasteiger partial charge in [-0.2, -0.15) is 0 Å². The molecular weight excluding hydrogens is 224 g/mol. The van der Waals surface area contributed by atoms with Crippen LogP contribution in [-0.4, -0.2) is 30.1 Å². The Morgan fingerprint density at radius 1 is 1.22 bits per heavy atom. The maximum atomic E-state index is 12.2. The summed E-state index contributed by atoms with van der Waals surface area (Å²) >= 11 is 0. The average molecular weight is 246 g/mol. The number of hydrogen-bond acceptors (Lipinski definition) is 2. The van der Waals surface area contributed by atoms with Crippen LogP contribution >= 0.6 is 0 Å². The fourth-order valence-corrected chi connectivity index (χ4v) is 2.70. The van der Waals surface area contributed by atoms with Crippen LogP contribution in [0.2, 0.25) is 0 Å². The lowest BCUT2D eigenvalue weighted by atomic mass is 10.1. The summed E-state index contributed by atoms with van der Waals surface area (Å²) in [6, 6.07) is 8.61. The van der Waals surface area contributed by atoms with E-state index in [0.29, 0.717) is 12.6 Å². The molecule has 1 amide bonds. The molecule has 18 heavy (non-hydrogen) atoms. The molecule has 1 fully saturated rings. The Labute approximate surface area is 109 Å². The van der Waals surface area contributed by atoms with Crippen molar-refractivity contribution in [1.82, 2.24) is 4.90 Å². The van der Waals surface area contributed by atoms with Crippen LogP contribution in [0.3, 0.4) is 0 Å². The standard InChI is InChI=1S/C15H22N2O/c1-4-13(5-2)16-10-15(18)17(11-16)14-9-7-6-8-12(14)3/h6-9,13H,4-5,10-11H2,1-3H3. The van der Waals surface area contributed by atoms with E-state index in [4.69, 9.17) is 0 Å². The van der Waals surface area contributed by atoms with Gasteiger partial charge in [0.25, 0.3) is 0 Å². The zero-order valence-electron chi connectivity index (χ0n) is 11.5. The molecule has 1 aromatic carbocycles. The highest BCUT2D eigenvalue weighted by Crippen LogP contribution is 2.25. The van der Waals surface area contributed by atoms with Gasteiger partial charge in [-0.3, -0.25) is 14.6 Å². The van der Waals surface area contributed by atoms with E-state index in [1.165, 1.54) is 0 Å². The molecule has 1 heterocycles. The van der Waals surface area contributed by atoms with Crippen molar-refractivity contribution >= 4 is 11.6 Å². The number of carbonyl (C=O) groups is 1. The summed E-state index contributed by atoms with van der Waals surface area (Å²) in [6.45, 7) is 7.73. The van der Waals surface area contributed by atoms with Gasteiger partial charge >= 0.3 is 0 Å². The molecule has 0 spiro atoms. The Balaban J connectivity index is 2.17. The molecule has 0 bridgehead atoms. The number of rotatable bonds is 4. The lowest BCUT2D eigenvalue weighted by Gasteiger charge is -2.25. The molecule has 1 aliphatic rings. The molecule has 0 aliphatic carbocycles. The first-order chi connectivity index (χ1) is 8.67. The summed E-state index contributed by atoms with van der Waals surface area (Å²) in [5.41, 5.74) is 2.22. The van der Waals surface area contributed by atoms with E-state index in [-0.39, 0.29) is 5.91 Å². The fraction of sp³-hybridized carbons (Fsp3) is 0.533. The van der Waals surface area contributed by atoms with Crippen molar-refractivity contribution in [2.24, 2.45) is 0 Å². The predicted molar refractivity (Wildman–Crippen MR) is 74.6 cm³/mol. The van der Waals surface area contributed by atoms with Crippen molar-refractivity contribution in [3.8, 4) is 0 Å². The molecule has 0 atom stereocenters. The average Bonchev–Trinajstić information content (AvgIpc) is 2.73. The first kappa shape index (κ1) is 13.1. The molecule has 1 aliphatic heterocycles. The van der Waals surface area contributed by atoms with Gasteiger partial charge in [0.05, 0.1) is 13.2 Å². The summed E-state index contributed by atoms with van der Waals surface area (Å²) < 4.78 is 0. The fourth-order valence-electron chi connectivity index (χ4n) is 2.70. The molecular formula is C15H22N2O. The molecule has 0 N–H and O–H groups in total. The minimum Gasteiger partial charge on any atom is -0.298 e. The zero-order chi connectivity index (χ0) is 13.1. The highest BCUT2D eigenvalue weighted by molar-refractivity contribution is 5.97. The van der Waals surface area contributed by atoms with Crippen LogP contribution in [-0.2, 0) is 4.79 Å². The molecule has 0 saturated carbocycles. The minimum atomic E-state index is 0.219. The molecule has 2 rings (SSSR count). The van der Waals surface area contributed by atoms with E-state index >= 15 is 0 Å². The Bertz CT molecular complexity index is 426. The highest BCUT2D eigenvalue weighted by atomic mass is 16.2. The number of aryl methyl sites for hydroxylation is 1. The van der Waals surface area contributed by atoms with Crippen LogP contribution in [0, 0.1) is 6.92 Å². The van der Waals surface area contributed by atoms with Gasteiger partial charge in [-0.25, -0.2) is 0 Å². The van der Waals surface area contributed by atoms with Crippen molar-refractivity contribution in [2.45, 2.75) is 39.7 Å². The Morgan fingerprint density at radius 3 is 2.50 bits per heavy atom. The number of hydrogen-bond donors (Lipinski definition) is 0. The topological polar surface area (TPSA) is 23.6 Å². The summed E-state index contributed by atoms with van der Waals surface area (Å²) in [5, 5.41) is 0. The lowest BCUT2D eigenvalue weighted by molar-refractivity contribution is -0.116. The Kier molecular flexibility index (Phi) is 4.02. The molecule has 1 saturated heterocycles. The molecule has 0 unspecified atom stereocenters. The Hall–Kier alpha value is -1.35. The lowest BCUT2D eigenvalue weighted by Crippen LogP contribution is -2.34. The third-order valence-corrected chi connectivity index (χ3v) is 3.83. The van der Waals surface area contributed by atoms with Crippen molar-refractivity contribution in [2.75, 3.05) is 18.1 Å². The van der Waals surface area contributed by atoms with Crippen molar-refractivity contribution in [3.05, 3.63) is 29.8 Å². The van der Waals surface area contributed by atoms with Crippen LogP contribution in [0.5, 0.6) is 0 Å². The van der Waals surface area contributed by atoms with Crippen LogP contribution in [0.15, 0.2) is 24.3 Å². The number of benzene rings is 1. The van der Waals surface area contributed by atoms with Gasteiger partial charge in [0.15, 0.2) is 0 Å². The van der Waals surface area contributed by atoms with Gasteiger partial charge in [-0.05, 0) is 31.4 Å². The van der Waals surface area contributed by atoms with E-state index in [9.17, 15) is 4.79 Å². The summed E-state index contributed by atoms with van der Waals surface area (Å²) in [6.07, 6.45) is 2.21. The maximum Gasteiger partial charge on any atom is 0.242 e. The SMILES string of the molecule is CCC(CC)N1CC(=O)N(c2ccccc2C)C1. The van der Waals surface area contributed by atoms with E-state index in [1.807, 2.05) is 23.1 Å². The van der Waals surface area contributed by atoms with E-state index in [0.717, 1.165) is 30.8 Å². The minimum absolute atomic E-state index is 0.219. The van der Waals surface area contributed by atoms with Crippen molar-refractivity contribution in [3.63, 3.8) is 0 Å². The molecule has 3 nitrogen and oxygen atoms in total. The van der Waals surface area contributed by atoms with Gasteiger partial charge in [0, 0.05) is 11.7 Å². The second kappa shape index (κ2) is 5.53. The van der Waals surface area contributed by atoms with Crippen LogP contribution in [0.1, 0.15) is 32.3 Å². The van der Waals surface area contributed by atoms with Crippen LogP contribution < -0.4 is 4.90 Å². The second-order valence-electron chi connectivity index (χ2n) is 4.97. The maximum absolute atomic E-state index is 12.2. The van der Waals surface area contributed by atoms with Gasteiger partial charge in [-0.1, -0.05) is 32.0 Å². The molecule has 1 aromatic rings. The molecule has 3 heteroatoms. The van der Waals surface area contributed by atoms with Gasteiger partial charge in [-0.15, -0.1) is 0 Å². The van der Waals surface area contributed by atoms with E-state index in [1.54, 1.807) is 0 Å². The number of para-hydroxylation sites is 1. The van der Waals surface area contributed by atoms with E-state index < -0.39 is 0 Å². The number of amides is 1. The largest absolute Gasteiger partial charge is 0.298 e. The second-order valence-corrected chi connectivity index (χ2v) is 4.97. The van der Waals surface area contributed by atoms with Gasteiger partial charge in [0.1, 0.15) is 0 Å². The summed E-state index contributed by atoms with van der Waals surface area (Å²) in [7, 11) is 0. The van der Waals surface area contributed by atoms with Gasteiger partial charge < -0.3 is 0 Å². The first-order valence-electron chi connectivity index (χ1n) is 6.77. The monoisotopic (exact) mass is 246 g/mol. The molecule has 0 radical (unpaired) electrons. The Morgan fingerprint density at radius 2 is 1.89 bits per heavy atom. The summed E-state index contributed by atoms with van der Waals surface area (Å²) in [5.74, 6) is 0.219. The third kappa shape index (κ3) is 2.41. The first-order valence-corrected chi connectivity index (χ1v) is 6.77. The number of carbonyl (C=O) groups excluding carboxylic acids is 1. The number of anilines is 1. The smallest absolute Gasteiger partial charge is 0.242 e. The zero-order valence-corrected chi connectivity index (χ0v) is 11.5.